The van der Waals surface area contributed by atoms with Gasteiger partial charge in [-0.25, -0.2) is 0 Å². The van der Waals surface area contributed by atoms with Gasteiger partial charge in [-0.3, -0.25) is 15.1 Å². The number of pyridine rings is 1. The van der Waals surface area contributed by atoms with Crippen molar-refractivity contribution in [1.29, 1.82) is 0 Å². The number of para-hydroxylation sites is 1. The van der Waals surface area contributed by atoms with E-state index in [1.165, 1.54) is 6.08 Å². The second-order valence-electron chi connectivity index (χ2n) is 7.27. The van der Waals surface area contributed by atoms with E-state index in [1.807, 2.05) is 68.4 Å². The van der Waals surface area contributed by atoms with Crippen LogP contribution in [0.2, 0.25) is 5.02 Å². The van der Waals surface area contributed by atoms with Crippen molar-refractivity contribution < 1.29 is 9.21 Å². The number of benzene rings is 2. The van der Waals surface area contributed by atoms with Crippen LogP contribution < -0.4 is 10.6 Å². The van der Waals surface area contributed by atoms with E-state index in [2.05, 4.69) is 15.6 Å². The minimum Gasteiger partial charge on any atom is -0.457 e. The Morgan fingerprint density at radius 2 is 1.94 bits per heavy atom. The number of hydrogen-bond acceptors (Lipinski definition) is 4. The molecule has 0 unspecified atom stereocenters. The number of fused-ring (bicyclic) bond motifs is 1. The number of carbonyl (C=O) groups is 1. The average molecular weight is 462 g/mol. The first-order chi connectivity index (χ1) is 15.4. The first kappa shape index (κ1) is 21.7. The number of aryl methyl sites for hydroxylation is 2. The number of nitrogens with zero attached hydrogens (tertiary/aromatic N) is 1. The van der Waals surface area contributed by atoms with Crippen molar-refractivity contribution in [3.05, 3.63) is 88.8 Å². The number of hydrogen-bond donors (Lipinski definition) is 2. The Hall–Kier alpha value is -3.48. The van der Waals surface area contributed by atoms with E-state index < -0.39 is 0 Å². The van der Waals surface area contributed by atoms with Crippen molar-refractivity contribution in [3.8, 4) is 11.3 Å². The van der Waals surface area contributed by atoms with Crippen LogP contribution in [0.25, 0.3) is 28.3 Å². The van der Waals surface area contributed by atoms with Gasteiger partial charge >= 0.3 is 0 Å². The fourth-order valence-corrected chi connectivity index (χ4v) is 3.55. The average Bonchev–Trinajstić information content (AvgIpc) is 3.24. The van der Waals surface area contributed by atoms with Crippen LogP contribution in [-0.4, -0.2) is 16.0 Å². The topological polar surface area (TPSA) is 67.2 Å². The molecule has 0 saturated heterocycles. The van der Waals surface area contributed by atoms with Gasteiger partial charge in [0.2, 0.25) is 5.91 Å². The molecule has 2 heterocycles. The van der Waals surface area contributed by atoms with Crippen LogP contribution in [-0.2, 0) is 4.79 Å². The van der Waals surface area contributed by atoms with E-state index in [-0.39, 0.29) is 11.0 Å². The van der Waals surface area contributed by atoms with Crippen LogP contribution in [0.5, 0.6) is 0 Å². The number of halogens is 1. The number of rotatable bonds is 4. The molecule has 2 N–H and O–H groups in total. The van der Waals surface area contributed by atoms with Crippen LogP contribution in [0.3, 0.4) is 0 Å². The highest BCUT2D eigenvalue weighted by atomic mass is 35.5. The molecule has 0 atom stereocenters. The highest BCUT2D eigenvalue weighted by Crippen LogP contribution is 2.27. The van der Waals surface area contributed by atoms with E-state index in [0.717, 1.165) is 33.4 Å². The maximum absolute atomic E-state index is 12.3. The van der Waals surface area contributed by atoms with Gasteiger partial charge in [0, 0.05) is 27.7 Å². The Labute approximate surface area is 196 Å². The third-order valence-electron chi connectivity index (χ3n) is 4.83. The summed E-state index contributed by atoms with van der Waals surface area (Å²) in [5, 5.41) is 7.53. The Balaban J connectivity index is 1.40. The van der Waals surface area contributed by atoms with Gasteiger partial charge in [-0.1, -0.05) is 41.9 Å². The molecule has 2 aromatic heterocycles. The lowest BCUT2D eigenvalue weighted by Crippen LogP contribution is -2.32. The molecule has 0 fully saturated rings. The Kier molecular flexibility index (Phi) is 6.35. The molecule has 7 heteroatoms. The number of furan rings is 1. The first-order valence-electron chi connectivity index (χ1n) is 9.92. The standard InChI is InChI=1S/C25H20ClN3O2S/c1-15-6-8-18(14-20(15)26)22-12-10-19(31-22)11-13-23(30)29-25(32)28-21-5-3-4-17-9-7-16(2)27-24(17)21/h3-14H,1-2H3,(H2,28,29,30,32)/b13-11+. The quantitative estimate of drug-likeness (QED) is 0.276. The molecular formula is C25H20ClN3O2S. The number of anilines is 1. The van der Waals surface area contributed by atoms with Crippen molar-refractivity contribution in [2.75, 3.05) is 5.32 Å². The van der Waals surface area contributed by atoms with Crippen LogP contribution in [0.4, 0.5) is 5.69 Å². The van der Waals surface area contributed by atoms with E-state index in [0.29, 0.717) is 16.5 Å². The van der Waals surface area contributed by atoms with Gasteiger partial charge in [0.05, 0.1) is 11.2 Å². The van der Waals surface area contributed by atoms with Crippen LogP contribution in [0, 0.1) is 13.8 Å². The molecule has 0 aliphatic heterocycles. The van der Waals surface area contributed by atoms with Crippen LogP contribution in [0.15, 0.2) is 71.2 Å². The second-order valence-corrected chi connectivity index (χ2v) is 8.09. The van der Waals surface area contributed by atoms with Gasteiger partial charge in [-0.05, 0) is 68.0 Å². The molecule has 1 amide bonds. The summed E-state index contributed by atoms with van der Waals surface area (Å²) in [5.41, 5.74) is 4.29. The summed E-state index contributed by atoms with van der Waals surface area (Å²) in [4.78, 5) is 16.8. The predicted octanol–water partition coefficient (Wildman–Crippen LogP) is 6.29. The summed E-state index contributed by atoms with van der Waals surface area (Å²) < 4.78 is 5.79. The number of thiocarbonyl (C=S) groups is 1. The lowest BCUT2D eigenvalue weighted by Gasteiger charge is -2.10. The van der Waals surface area contributed by atoms with Gasteiger partial charge in [0.15, 0.2) is 5.11 Å². The zero-order valence-electron chi connectivity index (χ0n) is 17.5. The van der Waals surface area contributed by atoms with Crippen molar-refractivity contribution in [2.24, 2.45) is 0 Å². The lowest BCUT2D eigenvalue weighted by molar-refractivity contribution is -0.115. The SMILES string of the molecule is Cc1ccc2cccc(NC(=S)NC(=O)/C=C/c3ccc(-c4ccc(C)c(Cl)c4)o3)c2n1. The maximum atomic E-state index is 12.3. The molecule has 0 saturated carbocycles. The Morgan fingerprint density at radius 3 is 2.75 bits per heavy atom. The van der Waals surface area contributed by atoms with Gasteiger partial charge in [0.1, 0.15) is 11.5 Å². The third kappa shape index (κ3) is 5.04. The lowest BCUT2D eigenvalue weighted by atomic mass is 10.1. The maximum Gasteiger partial charge on any atom is 0.250 e. The molecule has 32 heavy (non-hydrogen) atoms. The molecule has 4 aromatic rings. The summed E-state index contributed by atoms with van der Waals surface area (Å²) in [6.07, 6.45) is 2.95. The Bertz CT molecular complexity index is 1360. The molecule has 4 rings (SSSR count). The van der Waals surface area contributed by atoms with Crippen molar-refractivity contribution >= 4 is 57.5 Å². The number of amides is 1. The molecule has 0 radical (unpaired) electrons. The smallest absolute Gasteiger partial charge is 0.250 e. The first-order valence-corrected chi connectivity index (χ1v) is 10.7. The van der Waals surface area contributed by atoms with Gasteiger partial charge in [-0.2, -0.15) is 0 Å². The summed E-state index contributed by atoms with van der Waals surface area (Å²) in [7, 11) is 0. The van der Waals surface area contributed by atoms with E-state index in [9.17, 15) is 4.79 Å². The fraction of sp³-hybridized carbons (Fsp3) is 0.0800. The number of aromatic nitrogens is 1. The summed E-state index contributed by atoms with van der Waals surface area (Å²) in [6, 6.07) is 19.0. The highest BCUT2D eigenvalue weighted by molar-refractivity contribution is 7.80. The third-order valence-corrected chi connectivity index (χ3v) is 5.44. The van der Waals surface area contributed by atoms with Gasteiger partial charge in [-0.15, -0.1) is 0 Å². The molecule has 0 aliphatic carbocycles. The van der Waals surface area contributed by atoms with E-state index >= 15 is 0 Å². The van der Waals surface area contributed by atoms with Crippen molar-refractivity contribution in [3.63, 3.8) is 0 Å². The van der Waals surface area contributed by atoms with Gasteiger partial charge < -0.3 is 9.73 Å². The van der Waals surface area contributed by atoms with Crippen LogP contribution >= 0.6 is 23.8 Å². The zero-order chi connectivity index (χ0) is 22.7. The predicted molar refractivity (Wildman–Crippen MR) is 134 cm³/mol. The summed E-state index contributed by atoms with van der Waals surface area (Å²) in [6.45, 7) is 3.87. The highest BCUT2D eigenvalue weighted by Gasteiger charge is 2.08. The normalized spacial score (nSPS) is 11.1. The van der Waals surface area contributed by atoms with Gasteiger partial charge in [0.25, 0.3) is 0 Å². The molecule has 0 bridgehead atoms. The number of nitrogens with one attached hydrogen (secondary N) is 2. The zero-order valence-corrected chi connectivity index (χ0v) is 19.1. The number of carbonyl (C=O) groups excluding carboxylic acids is 1. The Morgan fingerprint density at radius 1 is 1.09 bits per heavy atom. The monoisotopic (exact) mass is 461 g/mol. The minimum absolute atomic E-state index is 0.185. The van der Waals surface area contributed by atoms with E-state index in [1.54, 1.807) is 12.1 Å². The molecule has 0 aliphatic rings. The molecule has 0 spiro atoms. The molecule has 2 aromatic carbocycles. The molecular weight excluding hydrogens is 442 g/mol. The van der Waals surface area contributed by atoms with Crippen molar-refractivity contribution in [2.45, 2.75) is 13.8 Å². The fourth-order valence-electron chi connectivity index (χ4n) is 3.15. The van der Waals surface area contributed by atoms with Crippen LogP contribution in [0.1, 0.15) is 17.0 Å². The largest absolute Gasteiger partial charge is 0.457 e. The molecule has 160 valence electrons. The summed E-state index contributed by atoms with van der Waals surface area (Å²) in [5.74, 6) is 0.838. The minimum atomic E-state index is -0.372. The van der Waals surface area contributed by atoms with E-state index in [4.69, 9.17) is 28.2 Å². The second kappa shape index (κ2) is 9.34. The van der Waals surface area contributed by atoms with Crippen molar-refractivity contribution in [1.82, 2.24) is 10.3 Å². The summed E-state index contributed by atoms with van der Waals surface area (Å²) >= 11 is 11.5. The molecule has 5 nitrogen and oxygen atoms in total.